The summed E-state index contributed by atoms with van der Waals surface area (Å²) >= 11 is 0. The fourth-order valence-corrected chi connectivity index (χ4v) is 1.13. The molecule has 1 rings (SSSR count). The van der Waals surface area contributed by atoms with Gasteiger partial charge in [-0.2, -0.15) is 0 Å². The van der Waals surface area contributed by atoms with Crippen LogP contribution >= 0.6 is 0 Å². The van der Waals surface area contributed by atoms with Gasteiger partial charge in [0.05, 0.1) is 12.8 Å². The minimum absolute atomic E-state index is 0.399. The van der Waals surface area contributed by atoms with E-state index in [1.807, 2.05) is 0 Å². The van der Waals surface area contributed by atoms with E-state index >= 15 is 0 Å². The van der Waals surface area contributed by atoms with Crippen LogP contribution in [-0.2, 0) is 0 Å². The molecule has 0 aromatic heterocycles. The molecule has 1 atom stereocenters. The lowest BCUT2D eigenvalue weighted by Crippen LogP contribution is -2.00. The number of aliphatic imine (C=N–C) groups is 1. The first kappa shape index (κ1) is 11.3. The number of methoxy groups -OCH3 is 1. The second-order valence-electron chi connectivity index (χ2n) is 3.08. The Morgan fingerprint density at radius 2 is 2.13 bits per heavy atom. The van der Waals surface area contributed by atoms with E-state index in [1.54, 1.807) is 12.1 Å². The highest BCUT2D eigenvalue weighted by atomic mass is 19.1. The Morgan fingerprint density at radius 1 is 1.47 bits per heavy atom. The third-order valence-electron chi connectivity index (χ3n) is 1.84. The number of anilines is 2. The Balaban J connectivity index is 3.12. The van der Waals surface area contributed by atoms with Crippen molar-refractivity contribution in [2.45, 2.75) is 13.2 Å². The molecule has 15 heavy (non-hydrogen) atoms. The van der Waals surface area contributed by atoms with Crippen molar-refractivity contribution >= 4 is 17.6 Å². The van der Waals surface area contributed by atoms with Gasteiger partial charge >= 0.3 is 0 Å². The van der Waals surface area contributed by atoms with E-state index in [9.17, 15) is 4.39 Å². The Hall–Kier alpha value is -1.78. The highest BCUT2D eigenvalue weighted by molar-refractivity contribution is 5.90. The van der Waals surface area contributed by atoms with Crippen molar-refractivity contribution in [2.75, 3.05) is 18.6 Å². The van der Waals surface area contributed by atoms with Crippen molar-refractivity contribution in [3.8, 4) is 5.75 Å². The van der Waals surface area contributed by atoms with Crippen LogP contribution in [0, 0.1) is 0 Å². The highest BCUT2D eigenvalue weighted by Gasteiger charge is 2.05. The molecular formula is C10H14FN3O. The molecule has 0 saturated heterocycles. The average Bonchev–Trinajstić information content (AvgIpc) is 2.18. The van der Waals surface area contributed by atoms with Crippen molar-refractivity contribution < 1.29 is 9.13 Å². The Labute approximate surface area is 87.7 Å². The number of nitrogens with zero attached hydrogens (tertiary/aromatic N) is 1. The smallest absolute Gasteiger partial charge is 0.187 e. The lowest BCUT2D eigenvalue weighted by Gasteiger charge is -2.08. The molecule has 1 unspecified atom stereocenters. The zero-order valence-corrected chi connectivity index (χ0v) is 8.70. The second-order valence-corrected chi connectivity index (χ2v) is 3.08. The molecule has 0 radical (unpaired) electrons. The summed E-state index contributed by atoms with van der Waals surface area (Å²) in [6.07, 6.45) is 0.0793. The second kappa shape index (κ2) is 4.63. The van der Waals surface area contributed by atoms with Gasteiger partial charge in [-0.15, -0.1) is 0 Å². The molecule has 0 heterocycles. The molecule has 82 valence electrons. The first-order valence-electron chi connectivity index (χ1n) is 4.45. The average molecular weight is 211 g/mol. The monoisotopic (exact) mass is 211 g/mol. The third-order valence-corrected chi connectivity index (χ3v) is 1.84. The van der Waals surface area contributed by atoms with E-state index < -0.39 is 6.30 Å². The van der Waals surface area contributed by atoms with Gasteiger partial charge in [0.1, 0.15) is 5.75 Å². The summed E-state index contributed by atoms with van der Waals surface area (Å²) in [7, 11) is 1.49. The van der Waals surface area contributed by atoms with Crippen LogP contribution in [0.3, 0.4) is 0 Å². The minimum Gasteiger partial charge on any atom is -0.494 e. The van der Waals surface area contributed by atoms with Gasteiger partial charge in [-0.25, -0.2) is 4.39 Å². The van der Waals surface area contributed by atoms with E-state index in [2.05, 4.69) is 4.99 Å². The molecule has 0 saturated carbocycles. The molecule has 0 bridgehead atoms. The summed E-state index contributed by atoms with van der Waals surface area (Å²) in [5, 5.41) is 0. The molecule has 1 aromatic carbocycles. The fourth-order valence-electron chi connectivity index (χ4n) is 1.13. The molecule has 0 aliphatic rings. The molecule has 4 N–H and O–H groups in total. The topological polar surface area (TPSA) is 73.6 Å². The van der Waals surface area contributed by atoms with Gasteiger partial charge in [0, 0.05) is 23.5 Å². The van der Waals surface area contributed by atoms with E-state index in [1.165, 1.54) is 20.2 Å². The highest BCUT2D eigenvalue weighted by Crippen LogP contribution is 2.27. The predicted molar refractivity (Wildman–Crippen MR) is 60.0 cm³/mol. The number of benzene rings is 1. The van der Waals surface area contributed by atoms with Crippen molar-refractivity contribution in [2.24, 2.45) is 4.99 Å². The Morgan fingerprint density at radius 3 is 2.67 bits per heavy atom. The number of hydrogen-bond acceptors (Lipinski definition) is 4. The maximum absolute atomic E-state index is 12.5. The van der Waals surface area contributed by atoms with Crippen LogP contribution < -0.4 is 16.2 Å². The van der Waals surface area contributed by atoms with Gasteiger partial charge in [-0.05, 0) is 13.0 Å². The standard InChI is InChI=1S/C10H14FN3O/c1-6(11)14-5-7-3-8(12)4-9(15-2)10(7)13/h3-6H,12-13H2,1-2H3/b14-5+. The van der Waals surface area contributed by atoms with E-state index in [-0.39, 0.29) is 0 Å². The predicted octanol–water partition coefficient (Wildman–Crippen LogP) is 1.59. The molecule has 0 aliphatic heterocycles. The van der Waals surface area contributed by atoms with Crippen LogP contribution in [0.1, 0.15) is 12.5 Å². The van der Waals surface area contributed by atoms with Crippen LogP contribution in [0.5, 0.6) is 5.75 Å². The summed E-state index contributed by atoms with van der Waals surface area (Å²) in [4.78, 5) is 3.59. The van der Waals surface area contributed by atoms with Crippen LogP contribution in [0.2, 0.25) is 0 Å². The van der Waals surface area contributed by atoms with E-state index in [0.29, 0.717) is 22.7 Å². The minimum atomic E-state index is -1.27. The molecule has 0 amide bonds. The number of hydrogen-bond donors (Lipinski definition) is 2. The number of alkyl halides is 1. The summed E-state index contributed by atoms with van der Waals surface area (Å²) < 4.78 is 17.5. The van der Waals surface area contributed by atoms with Crippen molar-refractivity contribution in [1.29, 1.82) is 0 Å². The fraction of sp³-hybridized carbons (Fsp3) is 0.300. The zero-order valence-electron chi connectivity index (χ0n) is 8.70. The summed E-state index contributed by atoms with van der Waals surface area (Å²) in [6, 6.07) is 3.22. The van der Waals surface area contributed by atoms with Gasteiger partial charge in [0.2, 0.25) is 0 Å². The molecule has 5 heteroatoms. The zero-order chi connectivity index (χ0) is 11.4. The molecule has 0 spiro atoms. The van der Waals surface area contributed by atoms with Gasteiger partial charge in [-0.1, -0.05) is 0 Å². The largest absolute Gasteiger partial charge is 0.494 e. The lowest BCUT2D eigenvalue weighted by atomic mass is 10.1. The Bertz CT molecular complexity index is 377. The Kier molecular flexibility index (Phi) is 3.49. The van der Waals surface area contributed by atoms with E-state index in [4.69, 9.17) is 16.2 Å². The summed E-state index contributed by atoms with van der Waals surface area (Å²) in [5.74, 6) is 0.461. The number of ether oxygens (including phenoxy) is 1. The van der Waals surface area contributed by atoms with Gasteiger partial charge in [0.15, 0.2) is 6.30 Å². The number of rotatable bonds is 3. The maximum atomic E-state index is 12.5. The van der Waals surface area contributed by atoms with Gasteiger partial charge < -0.3 is 16.2 Å². The lowest BCUT2D eigenvalue weighted by molar-refractivity contribution is 0.377. The molecule has 1 aromatic rings. The van der Waals surface area contributed by atoms with Crippen molar-refractivity contribution in [1.82, 2.24) is 0 Å². The van der Waals surface area contributed by atoms with Crippen molar-refractivity contribution in [3.05, 3.63) is 17.7 Å². The maximum Gasteiger partial charge on any atom is 0.187 e. The quantitative estimate of drug-likeness (QED) is 0.453. The van der Waals surface area contributed by atoms with Crippen LogP contribution in [0.4, 0.5) is 15.8 Å². The van der Waals surface area contributed by atoms with Gasteiger partial charge in [0.25, 0.3) is 0 Å². The normalized spacial score (nSPS) is 13.0. The number of nitrogen functional groups attached to an aromatic ring is 2. The molecule has 0 fully saturated rings. The van der Waals surface area contributed by atoms with E-state index in [0.717, 1.165) is 0 Å². The molecule has 0 aliphatic carbocycles. The number of nitrogens with two attached hydrogens (primary N) is 2. The van der Waals surface area contributed by atoms with Crippen molar-refractivity contribution in [3.63, 3.8) is 0 Å². The molecular weight excluding hydrogens is 197 g/mol. The van der Waals surface area contributed by atoms with Crippen LogP contribution in [0.15, 0.2) is 17.1 Å². The first-order chi connectivity index (χ1) is 7.04. The summed E-state index contributed by atoms with van der Waals surface area (Å²) in [6.45, 7) is 1.33. The van der Waals surface area contributed by atoms with Crippen LogP contribution in [0.25, 0.3) is 0 Å². The third kappa shape index (κ3) is 2.83. The van der Waals surface area contributed by atoms with Gasteiger partial charge in [-0.3, -0.25) is 4.99 Å². The molecule has 4 nitrogen and oxygen atoms in total. The number of halogens is 1. The SMILES string of the molecule is COc1cc(N)cc(/C=N/C(C)F)c1N. The first-order valence-corrected chi connectivity index (χ1v) is 4.45. The van der Waals surface area contributed by atoms with Crippen LogP contribution in [-0.4, -0.2) is 19.6 Å². The summed E-state index contributed by atoms with van der Waals surface area (Å²) in [5.41, 5.74) is 12.8.